The molecule has 0 bridgehead atoms. The SMILES string of the molecule is Cc1cncc(C(=O)N2CCO[C@H](CCc3ccnc(N)c3)C2)c1. The zero-order valence-electron chi connectivity index (χ0n) is 13.8. The van der Waals surface area contributed by atoms with Crippen LogP contribution in [0.2, 0.25) is 0 Å². The number of pyridine rings is 2. The van der Waals surface area contributed by atoms with Gasteiger partial charge >= 0.3 is 0 Å². The molecule has 0 saturated carbocycles. The highest BCUT2D eigenvalue weighted by molar-refractivity contribution is 5.94. The van der Waals surface area contributed by atoms with Crippen LogP contribution in [-0.4, -0.2) is 46.6 Å². The molecule has 1 amide bonds. The minimum Gasteiger partial charge on any atom is -0.384 e. The fourth-order valence-electron chi connectivity index (χ4n) is 2.91. The van der Waals surface area contributed by atoms with Crippen LogP contribution in [0.4, 0.5) is 5.82 Å². The molecule has 0 aromatic carbocycles. The van der Waals surface area contributed by atoms with Crippen LogP contribution < -0.4 is 5.73 Å². The van der Waals surface area contributed by atoms with Gasteiger partial charge in [0.15, 0.2) is 0 Å². The molecule has 1 aliphatic rings. The van der Waals surface area contributed by atoms with Gasteiger partial charge in [0.1, 0.15) is 5.82 Å². The zero-order chi connectivity index (χ0) is 16.9. The Morgan fingerprint density at radius 1 is 1.42 bits per heavy atom. The molecule has 2 N–H and O–H groups in total. The van der Waals surface area contributed by atoms with Gasteiger partial charge < -0.3 is 15.4 Å². The monoisotopic (exact) mass is 326 g/mol. The summed E-state index contributed by atoms with van der Waals surface area (Å²) >= 11 is 0. The lowest BCUT2D eigenvalue weighted by molar-refractivity contribution is -0.0246. The van der Waals surface area contributed by atoms with Crippen molar-refractivity contribution in [2.75, 3.05) is 25.4 Å². The number of hydrogen-bond donors (Lipinski definition) is 1. The van der Waals surface area contributed by atoms with Crippen LogP contribution in [0.3, 0.4) is 0 Å². The van der Waals surface area contributed by atoms with Crippen molar-refractivity contribution in [1.82, 2.24) is 14.9 Å². The lowest BCUT2D eigenvalue weighted by atomic mass is 10.1. The van der Waals surface area contributed by atoms with Crippen molar-refractivity contribution in [2.24, 2.45) is 0 Å². The third-order valence-electron chi connectivity index (χ3n) is 4.15. The van der Waals surface area contributed by atoms with Gasteiger partial charge in [0, 0.05) is 31.7 Å². The molecule has 1 aliphatic heterocycles. The Hall–Kier alpha value is -2.47. The molecule has 0 spiro atoms. The van der Waals surface area contributed by atoms with Crippen molar-refractivity contribution in [3.05, 3.63) is 53.5 Å². The smallest absolute Gasteiger partial charge is 0.255 e. The molecule has 3 rings (SSSR count). The van der Waals surface area contributed by atoms with Crippen LogP contribution >= 0.6 is 0 Å². The van der Waals surface area contributed by atoms with Crippen molar-refractivity contribution in [3.8, 4) is 0 Å². The number of ether oxygens (including phenoxy) is 1. The molecular weight excluding hydrogens is 304 g/mol. The van der Waals surface area contributed by atoms with E-state index in [1.54, 1.807) is 18.6 Å². The summed E-state index contributed by atoms with van der Waals surface area (Å²) in [6.45, 7) is 3.72. The summed E-state index contributed by atoms with van der Waals surface area (Å²) in [6.07, 6.45) is 6.83. The van der Waals surface area contributed by atoms with E-state index in [0.29, 0.717) is 31.1 Å². The highest BCUT2D eigenvalue weighted by Gasteiger charge is 2.25. The first-order chi connectivity index (χ1) is 11.6. The number of morpholine rings is 1. The summed E-state index contributed by atoms with van der Waals surface area (Å²) < 4.78 is 5.81. The third kappa shape index (κ3) is 4.08. The maximum Gasteiger partial charge on any atom is 0.255 e. The Morgan fingerprint density at radius 3 is 3.08 bits per heavy atom. The van der Waals surface area contributed by atoms with E-state index in [0.717, 1.165) is 24.0 Å². The maximum absolute atomic E-state index is 12.6. The summed E-state index contributed by atoms with van der Waals surface area (Å²) in [4.78, 5) is 22.6. The number of nitrogens with zero attached hydrogens (tertiary/aromatic N) is 3. The quantitative estimate of drug-likeness (QED) is 0.927. The first-order valence-electron chi connectivity index (χ1n) is 8.15. The Labute approximate surface area is 141 Å². The molecule has 1 fully saturated rings. The average molecular weight is 326 g/mol. The summed E-state index contributed by atoms with van der Waals surface area (Å²) in [7, 11) is 0. The van der Waals surface area contributed by atoms with Gasteiger partial charge in [-0.15, -0.1) is 0 Å². The second-order valence-corrected chi connectivity index (χ2v) is 6.12. The van der Waals surface area contributed by atoms with E-state index in [9.17, 15) is 4.79 Å². The van der Waals surface area contributed by atoms with Crippen LogP contribution in [0.1, 0.15) is 27.9 Å². The molecule has 0 radical (unpaired) electrons. The number of rotatable bonds is 4. The van der Waals surface area contributed by atoms with E-state index in [4.69, 9.17) is 10.5 Å². The zero-order valence-corrected chi connectivity index (χ0v) is 13.8. The van der Waals surface area contributed by atoms with Crippen molar-refractivity contribution in [2.45, 2.75) is 25.9 Å². The summed E-state index contributed by atoms with van der Waals surface area (Å²) in [5, 5.41) is 0. The van der Waals surface area contributed by atoms with Crippen LogP contribution in [0.5, 0.6) is 0 Å². The molecular formula is C18H22N4O2. The number of amides is 1. The number of aromatic nitrogens is 2. The Balaban J connectivity index is 1.59. The summed E-state index contributed by atoms with van der Waals surface area (Å²) in [6, 6.07) is 5.71. The first kappa shape index (κ1) is 16.4. The minimum atomic E-state index is 0.0210. The number of nitrogen functional groups attached to an aromatic ring is 1. The summed E-state index contributed by atoms with van der Waals surface area (Å²) in [5.41, 5.74) is 8.46. The van der Waals surface area contributed by atoms with Gasteiger partial charge in [0.25, 0.3) is 5.91 Å². The van der Waals surface area contributed by atoms with Gasteiger partial charge in [-0.3, -0.25) is 9.78 Å². The average Bonchev–Trinajstić information content (AvgIpc) is 2.60. The number of anilines is 1. The lowest BCUT2D eigenvalue weighted by Gasteiger charge is -2.33. The molecule has 126 valence electrons. The van der Waals surface area contributed by atoms with E-state index < -0.39 is 0 Å². The second kappa shape index (κ2) is 7.40. The topological polar surface area (TPSA) is 81.3 Å². The molecule has 2 aromatic rings. The number of carbonyl (C=O) groups is 1. The van der Waals surface area contributed by atoms with Gasteiger partial charge in [-0.1, -0.05) is 0 Å². The Morgan fingerprint density at radius 2 is 2.29 bits per heavy atom. The fraction of sp³-hybridized carbons (Fsp3) is 0.389. The molecule has 6 nitrogen and oxygen atoms in total. The van der Waals surface area contributed by atoms with Crippen LogP contribution in [0.15, 0.2) is 36.8 Å². The fourth-order valence-corrected chi connectivity index (χ4v) is 2.91. The second-order valence-electron chi connectivity index (χ2n) is 6.12. The molecule has 24 heavy (non-hydrogen) atoms. The van der Waals surface area contributed by atoms with Gasteiger partial charge in [-0.2, -0.15) is 0 Å². The highest BCUT2D eigenvalue weighted by Crippen LogP contribution is 2.16. The van der Waals surface area contributed by atoms with Gasteiger partial charge in [-0.05, 0) is 49.1 Å². The van der Waals surface area contributed by atoms with Crippen molar-refractivity contribution >= 4 is 11.7 Å². The van der Waals surface area contributed by atoms with Gasteiger partial charge in [0.05, 0.1) is 18.3 Å². The van der Waals surface area contributed by atoms with E-state index in [2.05, 4.69) is 9.97 Å². The molecule has 1 atom stereocenters. The van der Waals surface area contributed by atoms with Crippen molar-refractivity contribution in [1.29, 1.82) is 0 Å². The Bertz CT molecular complexity index is 720. The van der Waals surface area contributed by atoms with Crippen LogP contribution in [0, 0.1) is 6.92 Å². The number of aryl methyl sites for hydroxylation is 2. The first-order valence-corrected chi connectivity index (χ1v) is 8.15. The molecule has 0 aliphatic carbocycles. The van der Waals surface area contributed by atoms with Crippen molar-refractivity contribution < 1.29 is 9.53 Å². The number of hydrogen-bond acceptors (Lipinski definition) is 5. The largest absolute Gasteiger partial charge is 0.384 e. The van der Waals surface area contributed by atoms with E-state index in [1.807, 2.05) is 30.0 Å². The summed E-state index contributed by atoms with van der Waals surface area (Å²) in [5.74, 6) is 0.550. The molecule has 6 heteroatoms. The standard InChI is InChI=1S/C18H22N4O2/c1-13-8-15(11-20-10-13)18(23)22-6-7-24-16(12-22)3-2-14-4-5-21-17(19)9-14/h4-5,8-11,16H,2-3,6-7,12H2,1H3,(H2,19,21)/t16-/m1/s1. The van der Waals surface area contributed by atoms with E-state index in [-0.39, 0.29) is 12.0 Å². The predicted molar refractivity (Wildman–Crippen MR) is 91.6 cm³/mol. The minimum absolute atomic E-state index is 0.0210. The van der Waals surface area contributed by atoms with Crippen LogP contribution in [0.25, 0.3) is 0 Å². The maximum atomic E-state index is 12.6. The lowest BCUT2D eigenvalue weighted by Crippen LogP contribution is -2.45. The normalized spacial score (nSPS) is 17.7. The van der Waals surface area contributed by atoms with E-state index in [1.165, 1.54) is 0 Å². The highest BCUT2D eigenvalue weighted by atomic mass is 16.5. The van der Waals surface area contributed by atoms with E-state index >= 15 is 0 Å². The van der Waals surface area contributed by atoms with Gasteiger partial charge in [0.2, 0.25) is 0 Å². The Kier molecular flexibility index (Phi) is 5.05. The molecule has 0 unspecified atom stereocenters. The van der Waals surface area contributed by atoms with Gasteiger partial charge in [-0.25, -0.2) is 4.98 Å². The number of carbonyl (C=O) groups excluding carboxylic acids is 1. The predicted octanol–water partition coefficient (Wildman–Crippen LogP) is 1.84. The van der Waals surface area contributed by atoms with Crippen LogP contribution in [-0.2, 0) is 11.2 Å². The number of nitrogens with two attached hydrogens (primary N) is 1. The molecule has 1 saturated heterocycles. The molecule has 3 heterocycles. The van der Waals surface area contributed by atoms with Crippen molar-refractivity contribution in [3.63, 3.8) is 0 Å². The third-order valence-corrected chi connectivity index (χ3v) is 4.15. The molecule has 2 aromatic heterocycles.